The molecule has 0 fully saturated rings. The number of amides is 1. The van der Waals surface area contributed by atoms with Gasteiger partial charge >= 0.3 is 6.09 Å². The van der Waals surface area contributed by atoms with E-state index >= 15 is 0 Å². The number of allylic oxidation sites excluding steroid dienone is 3. The highest BCUT2D eigenvalue weighted by atomic mass is 16.5. The van der Waals surface area contributed by atoms with E-state index in [1.165, 1.54) is 0 Å². The lowest BCUT2D eigenvalue weighted by molar-refractivity contribution is 0.142. The van der Waals surface area contributed by atoms with Gasteiger partial charge in [0.25, 0.3) is 0 Å². The first kappa shape index (κ1) is 11.9. The first-order valence-corrected chi connectivity index (χ1v) is 5.48. The van der Waals surface area contributed by atoms with Crippen LogP contribution in [0.15, 0.2) is 59.5 Å². The van der Waals surface area contributed by atoms with Crippen LogP contribution in [0.25, 0.3) is 0 Å². The normalized spacial score (nSPS) is 13.2. The summed E-state index contributed by atoms with van der Waals surface area (Å²) < 4.78 is 5.06. The Morgan fingerprint density at radius 3 is 2.94 bits per heavy atom. The number of hydrazone groups is 1. The highest BCUT2D eigenvalue weighted by molar-refractivity contribution is 5.73. The smallest absolute Gasteiger partial charge is 0.413 e. The van der Waals surface area contributed by atoms with E-state index in [9.17, 15) is 4.79 Å². The van der Waals surface area contributed by atoms with Crippen molar-refractivity contribution in [2.45, 2.75) is 6.61 Å². The highest BCUT2D eigenvalue weighted by Gasteiger charge is 2.05. The molecule has 2 N–H and O–H groups in total. The summed E-state index contributed by atoms with van der Waals surface area (Å²) >= 11 is 0. The second-order valence-electron chi connectivity index (χ2n) is 3.54. The van der Waals surface area contributed by atoms with Crippen LogP contribution in [0.4, 0.5) is 4.79 Å². The molecule has 0 bridgehead atoms. The van der Waals surface area contributed by atoms with Gasteiger partial charge in [-0.05, 0) is 17.7 Å². The van der Waals surface area contributed by atoms with Crippen LogP contribution in [-0.4, -0.2) is 12.3 Å². The molecule has 0 radical (unpaired) electrons. The predicted molar refractivity (Wildman–Crippen MR) is 68.6 cm³/mol. The predicted octanol–water partition coefficient (Wildman–Crippen LogP) is 1.90. The zero-order chi connectivity index (χ0) is 12.6. The second-order valence-corrected chi connectivity index (χ2v) is 3.54. The zero-order valence-electron chi connectivity index (χ0n) is 9.67. The van der Waals surface area contributed by atoms with E-state index in [-0.39, 0.29) is 6.61 Å². The van der Waals surface area contributed by atoms with Crippen molar-refractivity contribution in [3.05, 3.63) is 59.9 Å². The molecular weight excluding hydrogens is 230 g/mol. The molecule has 1 heterocycles. The summed E-state index contributed by atoms with van der Waals surface area (Å²) in [5.41, 5.74) is 3.61. The van der Waals surface area contributed by atoms with E-state index < -0.39 is 6.09 Å². The van der Waals surface area contributed by atoms with Gasteiger partial charge in [0, 0.05) is 6.21 Å². The molecule has 1 amide bonds. The third-order valence-electron chi connectivity index (χ3n) is 2.17. The topological polar surface area (TPSA) is 62.7 Å². The van der Waals surface area contributed by atoms with Gasteiger partial charge in [-0.15, -0.1) is 0 Å². The molecule has 5 heteroatoms. The van der Waals surface area contributed by atoms with Gasteiger partial charge < -0.3 is 4.74 Å². The monoisotopic (exact) mass is 243 g/mol. The van der Waals surface area contributed by atoms with Gasteiger partial charge in [0.15, 0.2) is 0 Å². The SMILES string of the molecule is O=C(NC1=CC=CC=NN1)OCc1ccccc1. The number of carbonyl (C=O) groups is 1. The molecule has 1 aromatic carbocycles. The number of benzene rings is 1. The number of rotatable bonds is 3. The Morgan fingerprint density at radius 1 is 1.28 bits per heavy atom. The molecule has 92 valence electrons. The van der Waals surface area contributed by atoms with Crippen LogP contribution >= 0.6 is 0 Å². The van der Waals surface area contributed by atoms with Gasteiger partial charge in [0.1, 0.15) is 12.4 Å². The molecule has 0 saturated heterocycles. The van der Waals surface area contributed by atoms with E-state index in [0.717, 1.165) is 5.56 Å². The Labute approximate surface area is 105 Å². The van der Waals surface area contributed by atoms with Gasteiger partial charge in [-0.3, -0.25) is 10.7 Å². The molecule has 1 aromatic rings. The summed E-state index contributed by atoms with van der Waals surface area (Å²) in [5, 5.41) is 6.38. The Balaban J connectivity index is 1.80. The van der Waals surface area contributed by atoms with Gasteiger partial charge in [0.2, 0.25) is 0 Å². The summed E-state index contributed by atoms with van der Waals surface area (Å²) in [6.45, 7) is 0.235. The first-order chi connectivity index (χ1) is 8.84. The lowest BCUT2D eigenvalue weighted by Crippen LogP contribution is -2.29. The van der Waals surface area contributed by atoms with Crippen LogP contribution < -0.4 is 10.7 Å². The van der Waals surface area contributed by atoms with Crippen molar-refractivity contribution in [1.29, 1.82) is 0 Å². The maximum Gasteiger partial charge on any atom is 0.413 e. The minimum absolute atomic E-state index is 0.235. The number of alkyl carbamates (subject to hydrolysis) is 1. The summed E-state index contributed by atoms with van der Waals surface area (Å²) in [4.78, 5) is 11.5. The van der Waals surface area contributed by atoms with Crippen LogP contribution in [0.1, 0.15) is 5.56 Å². The third kappa shape index (κ3) is 3.79. The largest absolute Gasteiger partial charge is 0.444 e. The maximum atomic E-state index is 11.5. The fourth-order valence-electron chi connectivity index (χ4n) is 1.33. The van der Waals surface area contributed by atoms with E-state index in [1.807, 2.05) is 30.3 Å². The number of carbonyl (C=O) groups excluding carboxylic acids is 1. The summed E-state index contributed by atoms with van der Waals surface area (Å²) in [7, 11) is 0. The minimum atomic E-state index is -0.525. The fourth-order valence-corrected chi connectivity index (χ4v) is 1.33. The summed E-state index contributed by atoms with van der Waals surface area (Å²) in [6, 6.07) is 9.48. The van der Waals surface area contributed by atoms with Crippen molar-refractivity contribution >= 4 is 12.3 Å². The van der Waals surface area contributed by atoms with Crippen molar-refractivity contribution < 1.29 is 9.53 Å². The van der Waals surface area contributed by atoms with Crippen molar-refractivity contribution in [3.8, 4) is 0 Å². The minimum Gasteiger partial charge on any atom is -0.444 e. The van der Waals surface area contributed by atoms with E-state index in [0.29, 0.717) is 5.82 Å². The number of hydrogen-bond donors (Lipinski definition) is 2. The quantitative estimate of drug-likeness (QED) is 0.852. The molecule has 0 spiro atoms. The molecule has 0 atom stereocenters. The van der Waals surface area contributed by atoms with Gasteiger partial charge in [-0.2, -0.15) is 5.10 Å². The highest BCUT2D eigenvalue weighted by Crippen LogP contribution is 2.01. The Kier molecular flexibility index (Phi) is 4.13. The van der Waals surface area contributed by atoms with Crippen molar-refractivity contribution in [2.24, 2.45) is 5.10 Å². The number of nitrogens with zero attached hydrogens (tertiary/aromatic N) is 1. The maximum absolute atomic E-state index is 11.5. The van der Waals surface area contributed by atoms with Gasteiger partial charge in [-0.1, -0.05) is 36.4 Å². The Hall–Kier alpha value is -2.56. The van der Waals surface area contributed by atoms with E-state index in [1.54, 1.807) is 24.4 Å². The number of hydrogen-bond acceptors (Lipinski definition) is 4. The fraction of sp³-hybridized carbons (Fsp3) is 0.0769. The van der Waals surface area contributed by atoms with Crippen molar-refractivity contribution in [1.82, 2.24) is 10.7 Å². The van der Waals surface area contributed by atoms with Crippen molar-refractivity contribution in [2.75, 3.05) is 0 Å². The molecule has 0 aliphatic carbocycles. The van der Waals surface area contributed by atoms with Gasteiger partial charge in [0.05, 0.1) is 0 Å². The molecule has 1 aliphatic heterocycles. The molecule has 18 heavy (non-hydrogen) atoms. The van der Waals surface area contributed by atoms with Gasteiger partial charge in [-0.25, -0.2) is 4.79 Å². The number of ether oxygens (including phenoxy) is 1. The zero-order valence-corrected chi connectivity index (χ0v) is 9.67. The standard InChI is InChI=1S/C13H13N3O2/c17-13(15-12-8-4-5-9-14-16-12)18-10-11-6-2-1-3-7-11/h1-9,16H,10H2,(H,15,17). The molecule has 2 rings (SSSR count). The molecule has 0 aromatic heterocycles. The van der Waals surface area contributed by atoms with E-state index in [4.69, 9.17) is 4.74 Å². The number of nitrogens with one attached hydrogen (secondary N) is 2. The molecule has 0 unspecified atom stereocenters. The van der Waals surface area contributed by atoms with Crippen LogP contribution in [0.5, 0.6) is 0 Å². The summed E-state index contributed by atoms with van der Waals surface area (Å²) in [5.74, 6) is 0.470. The van der Waals surface area contributed by atoms with Crippen LogP contribution in [0.2, 0.25) is 0 Å². The Morgan fingerprint density at radius 2 is 2.11 bits per heavy atom. The van der Waals surface area contributed by atoms with Crippen LogP contribution in [0.3, 0.4) is 0 Å². The molecule has 5 nitrogen and oxygen atoms in total. The molecule has 1 aliphatic rings. The molecular formula is C13H13N3O2. The van der Waals surface area contributed by atoms with Crippen LogP contribution in [-0.2, 0) is 11.3 Å². The van der Waals surface area contributed by atoms with E-state index in [2.05, 4.69) is 15.8 Å². The molecule has 0 saturated carbocycles. The third-order valence-corrected chi connectivity index (χ3v) is 2.17. The average Bonchev–Trinajstić information content (AvgIpc) is 2.66. The lowest BCUT2D eigenvalue weighted by Gasteiger charge is -2.08. The van der Waals surface area contributed by atoms with Crippen LogP contribution in [0, 0.1) is 0 Å². The second kappa shape index (κ2) is 6.24. The Bertz CT molecular complexity index is 492. The van der Waals surface area contributed by atoms with Crippen molar-refractivity contribution in [3.63, 3.8) is 0 Å². The first-order valence-electron chi connectivity index (χ1n) is 5.48. The average molecular weight is 243 g/mol. The lowest BCUT2D eigenvalue weighted by atomic mass is 10.2. The summed E-state index contributed by atoms with van der Waals surface area (Å²) in [6.07, 6.45) is 6.26.